The second kappa shape index (κ2) is 6.71. The lowest BCUT2D eigenvalue weighted by atomic mass is 10.0. The van der Waals surface area contributed by atoms with Gasteiger partial charge in [0.05, 0.1) is 12.1 Å². The smallest absolute Gasteiger partial charge is 0.327 e. The molecule has 0 aliphatic rings. The Morgan fingerprint density at radius 1 is 1.56 bits per heavy atom. The van der Waals surface area contributed by atoms with Crippen LogP contribution in [-0.4, -0.2) is 19.1 Å². The van der Waals surface area contributed by atoms with Crippen molar-refractivity contribution in [1.82, 2.24) is 5.32 Å². The van der Waals surface area contributed by atoms with Gasteiger partial charge in [0.2, 0.25) is 0 Å². The Morgan fingerprint density at radius 2 is 2.22 bits per heavy atom. The molecular weight excluding hydrogens is 257 g/mol. The number of methoxy groups -OCH3 is 1. The second-order valence-corrected chi connectivity index (χ2v) is 4.48. The Kier molecular flexibility index (Phi) is 5.56. The zero-order chi connectivity index (χ0) is 13.7. The topological polar surface area (TPSA) is 38.3 Å². The van der Waals surface area contributed by atoms with Gasteiger partial charge < -0.3 is 4.74 Å². The molecule has 0 radical (unpaired) electrons. The van der Waals surface area contributed by atoms with E-state index >= 15 is 0 Å². The van der Waals surface area contributed by atoms with Crippen LogP contribution in [0, 0.1) is 5.82 Å². The molecule has 2 atom stereocenters. The molecular formula is C13H17ClFNO2. The van der Waals surface area contributed by atoms with Crippen molar-refractivity contribution in [3.05, 3.63) is 34.6 Å². The third-order valence-electron chi connectivity index (χ3n) is 2.79. The monoisotopic (exact) mass is 273 g/mol. The summed E-state index contributed by atoms with van der Waals surface area (Å²) in [6, 6.07) is 3.79. The Morgan fingerprint density at radius 3 is 2.78 bits per heavy atom. The van der Waals surface area contributed by atoms with Crippen molar-refractivity contribution in [2.24, 2.45) is 0 Å². The first-order valence-corrected chi connectivity index (χ1v) is 6.16. The zero-order valence-electron chi connectivity index (χ0n) is 10.7. The summed E-state index contributed by atoms with van der Waals surface area (Å²) >= 11 is 5.72. The van der Waals surface area contributed by atoms with E-state index in [0.29, 0.717) is 0 Å². The van der Waals surface area contributed by atoms with Gasteiger partial charge in [0.25, 0.3) is 0 Å². The highest BCUT2D eigenvalue weighted by Crippen LogP contribution is 2.24. The van der Waals surface area contributed by atoms with Gasteiger partial charge in [-0.15, -0.1) is 0 Å². The van der Waals surface area contributed by atoms with Crippen molar-refractivity contribution in [2.75, 3.05) is 7.11 Å². The lowest BCUT2D eigenvalue weighted by Gasteiger charge is -2.21. The first-order chi connectivity index (χ1) is 8.51. The molecule has 3 nitrogen and oxygen atoms in total. The van der Waals surface area contributed by atoms with Gasteiger partial charge in [-0.05, 0) is 19.4 Å². The summed E-state index contributed by atoms with van der Waals surface area (Å²) in [5, 5.41) is 3.02. The molecule has 0 aromatic heterocycles. The fourth-order valence-electron chi connectivity index (χ4n) is 1.55. The van der Waals surface area contributed by atoms with E-state index in [9.17, 15) is 9.18 Å². The maximum Gasteiger partial charge on any atom is 0.327 e. The molecule has 100 valence electrons. The van der Waals surface area contributed by atoms with Crippen LogP contribution in [0.2, 0.25) is 5.02 Å². The van der Waals surface area contributed by atoms with Crippen molar-refractivity contribution in [3.8, 4) is 0 Å². The maximum absolute atomic E-state index is 13.9. The SMILES string of the molecule is CCC(C)NC(C(=O)OC)c1cccc(Cl)c1F. The van der Waals surface area contributed by atoms with E-state index in [2.05, 4.69) is 5.32 Å². The third kappa shape index (κ3) is 3.43. The predicted molar refractivity (Wildman–Crippen MR) is 69.1 cm³/mol. The minimum atomic E-state index is -0.844. The van der Waals surface area contributed by atoms with Crippen LogP contribution in [0.15, 0.2) is 18.2 Å². The maximum atomic E-state index is 13.9. The van der Waals surface area contributed by atoms with E-state index in [1.807, 2.05) is 13.8 Å². The number of halogens is 2. The summed E-state index contributed by atoms with van der Waals surface area (Å²) in [5.41, 5.74) is 0.203. The minimum absolute atomic E-state index is 0.00708. The van der Waals surface area contributed by atoms with Crippen LogP contribution < -0.4 is 5.32 Å². The van der Waals surface area contributed by atoms with Gasteiger partial charge in [0.1, 0.15) is 11.9 Å². The fourth-order valence-corrected chi connectivity index (χ4v) is 1.73. The van der Waals surface area contributed by atoms with Crippen LogP contribution >= 0.6 is 11.6 Å². The van der Waals surface area contributed by atoms with Gasteiger partial charge in [-0.2, -0.15) is 0 Å². The Labute approximate surface area is 111 Å². The number of hydrogen-bond acceptors (Lipinski definition) is 3. The molecule has 2 unspecified atom stereocenters. The van der Waals surface area contributed by atoms with Crippen LogP contribution in [0.5, 0.6) is 0 Å². The molecule has 0 aliphatic carbocycles. The van der Waals surface area contributed by atoms with Gasteiger partial charge in [-0.3, -0.25) is 5.32 Å². The summed E-state index contributed by atoms with van der Waals surface area (Å²) in [4.78, 5) is 11.7. The van der Waals surface area contributed by atoms with Crippen LogP contribution in [-0.2, 0) is 9.53 Å². The normalized spacial score (nSPS) is 14.1. The van der Waals surface area contributed by atoms with Crippen LogP contribution in [0.4, 0.5) is 4.39 Å². The molecule has 1 rings (SSSR count). The molecule has 0 aliphatic heterocycles. The number of hydrogen-bond donors (Lipinski definition) is 1. The summed E-state index contributed by atoms with van der Waals surface area (Å²) in [6.45, 7) is 3.89. The van der Waals surface area contributed by atoms with E-state index in [0.717, 1.165) is 6.42 Å². The Hall–Kier alpha value is -1.13. The number of nitrogens with one attached hydrogen (secondary N) is 1. The zero-order valence-corrected chi connectivity index (χ0v) is 11.4. The molecule has 0 amide bonds. The molecule has 0 saturated heterocycles. The summed E-state index contributed by atoms with van der Waals surface area (Å²) in [5.74, 6) is -1.12. The molecule has 0 saturated carbocycles. The molecule has 0 fully saturated rings. The lowest BCUT2D eigenvalue weighted by molar-refractivity contribution is -0.143. The molecule has 1 N–H and O–H groups in total. The largest absolute Gasteiger partial charge is 0.468 e. The van der Waals surface area contributed by atoms with Crippen LogP contribution in [0.1, 0.15) is 31.9 Å². The van der Waals surface area contributed by atoms with Crippen LogP contribution in [0.25, 0.3) is 0 Å². The summed E-state index contributed by atoms with van der Waals surface area (Å²) in [6.07, 6.45) is 0.815. The van der Waals surface area contributed by atoms with Gasteiger partial charge in [-0.25, -0.2) is 9.18 Å². The fraction of sp³-hybridized carbons (Fsp3) is 0.462. The molecule has 0 bridgehead atoms. The van der Waals surface area contributed by atoms with Crippen molar-refractivity contribution in [3.63, 3.8) is 0 Å². The van der Waals surface area contributed by atoms with E-state index in [4.69, 9.17) is 16.3 Å². The summed E-state index contributed by atoms with van der Waals surface area (Å²) in [7, 11) is 1.27. The highest BCUT2D eigenvalue weighted by atomic mass is 35.5. The number of carbonyl (C=O) groups excluding carboxylic acids is 1. The van der Waals surface area contributed by atoms with Crippen molar-refractivity contribution in [1.29, 1.82) is 0 Å². The van der Waals surface area contributed by atoms with Gasteiger partial charge >= 0.3 is 5.97 Å². The first kappa shape index (κ1) is 14.9. The number of carbonyl (C=O) groups is 1. The van der Waals surface area contributed by atoms with E-state index in [1.165, 1.54) is 19.2 Å². The van der Waals surface area contributed by atoms with E-state index in [1.54, 1.807) is 6.07 Å². The minimum Gasteiger partial charge on any atom is -0.468 e. The van der Waals surface area contributed by atoms with Gasteiger partial charge in [0.15, 0.2) is 0 Å². The number of benzene rings is 1. The predicted octanol–water partition coefficient (Wildman–Crippen LogP) is 3.08. The average Bonchev–Trinajstić information content (AvgIpc) is 2.38. The third-order valence-corrected chi connectivity index (χ3v) is 3.08. The van der Waals surface area contributed by atoms with Crippen molar-refractivity contribution < 1.29 is 13.9 Å². The highest BCUT2D eigenvalue weighted by Gasteiger charge is 2.26. The molecule has 18 heavy (non-hydrogen) atoms. The quantitative estimate of drug-likeness (QED) is 0.838. The van der Waals surface area contributed by atoms with Gasteiger partial charge in [-0.1, -0.05) is 30.7 Å². The molecule has 0 heterocycles. The standard InChI is InChI=1S/C13H17ClFNO2/c1-4-8(2)16-12(13(17)18-3)9-6-5-7-10(14)11(9)15/h5-8,12,16H,4H2,1-3H3. The molecule has 1 aromatic carbocycles. The van der Waals surface area contributed by atoms with Crippen molar-refractivity contribution in [2.45, 2.75) is 32.4 Å². The lowest BCUT2D eigenvalue weighted by Crippen LogP contribution is -2.36. The molecule has 1 aromatic rings. The van der Waals surface area contributed by atoms with E-state index in [-0.39, 0.29) is 16.6 Å². The Balaban J connectivity index is 3.09. The first-order valence-electron chi connectivity index (χ1n) is 5.79. The van der Waals surface area contributed by atoms with Crippen molar-refractivity contribution >= 4 is 17.6 Å². The number of rotatable bonds is 5. The van der Waals surface area contributed by atoms with E-state index < -0.39 is 17.8 Å². The second-order valence-electron chi connectivity index (χ2n) is 4.08. The number of ether oxygens (including phenoxy) is 1. The summed E-state index contributed by atoms with van der Waals surface area (Å²) < 4.78 is 18.6. The molecule has 5 heteroatoms. The van der Waals surface area contributed by atoms with Crippen LogP contribution in [0.3, 0.4) is 0 Å². The number of esters is 1. The molecule has 0 spiro atoms. The highest BCUT2D eigenvalue weighted by molar-refractivity contribution is 6.30. The van der Waals surface area contributed by atoms with Gasteiger partial charge in [0, 0.05) is 11.6 Å². The average molecular weight is 274 g/mol. The Bertz CT molecular complexity index is 425.